The second-order valence-electron chi connectivity index (χ2n) is 6.43. The number of rotatable bonds is 2. The van der Waals surface area contributed by atoms with E-state index in [0.717, 1.165) is 50.9 Å². The summed E-state index contributed by atoms with van der Waals surface area (Å²) in [6.45, 7) is 4.34. The van der Waals surface area contributed by atoms with Crippen LogP contribution < -0.4 is 5.32 Å². The fourth-order valence-corrected chi connectivity index (χ4v) is 4.00. The van der Waals surface area contributed by atoms with Crippen LogP contribution in [0, 0.1) is 23.2 Å². The van der Waals surface area contributed by atoms with Crippen LogP contribution in [0.25, 0.3) is 0 Å². The van der Waals surface area contributed by atoms with Crippen LogP contribution in [0.15, 0.2) is 0 Å². The molecule has 3 aliphatic rings. The first-order valence-corrected chi connectivity index (χ1v) is 7.71. The lowest BCUT2D eigenvalue weighted by molar-refractivity contribution is 0.0739. The van der Waals surface area contributed by atoms with Gasteiger partial charge in [0.1, 0.15) is 5.54 Å². The number of nitrogens with one attached hydrogen (secondary N) is 1. The maximum atomic E-state index is 9.79. The summed E-state index contributed by atoms with van der Waals surface area (Å²) in [7, 11) is 0. The molecular formula is C15H25N3. The Balaban J connectivity index is 1.73. The maximum Gasteiger partial charge on any atom is 0.109 e. The highest BCUT2D eigenvalue weighted by Gasteiger charge is 2.45. The summed E-state index contributed by atoms with van der Waals surface area (Å²) in [5.41, 5.74) is -0.127. The Morgan fingerprint density at radius 3 is 2.72 bits per heavy atom. The van der Waals surface area contributed by atoms with Gasteiger partial charge in [0.05, 0.1) is 6.07 Å². The van der Waals surface area contributed by atoms with Crippen LogP contribution in [0.5, 0.6) is 0 Å². The van der Waals surface area contributed by atoms with E-state index in [2.05, 4.69) is 16.3 Å². The lowest BCUT2D eigenvalue weighted by Crippen LogP contribution is -2.52. The Bertz CT molecular complexity index is 323. The molecular weight excluding hydrogens is 222 g/mol. The molecule has 0 spiro atoms. The number of nitriles is 1. The molecule has 0 bridgehead atoms. The Kier molecular flexibility index (Phi) is 3.59. The standard InChI is InChI=1S/C15H25N3/c16-12-15(18-9-2-7-17-8-10-18)6-1-3-14(11-15)13-4-5-13/h13-14,17H,1-11H2. The van der Waals surface area contributed by atoms with Crippen LogP contribution >= 0.6 is 0 Å². The van der Waals surface area contributed by atoms with E-state index in [4.69, 9.17) is 0 Å². The molecule has 2 aliphatic carbocycles. The van der Waals surface area contributed by atoms with Crippen molar-refractivity contribution in [2.24, 2.45) is 11.8 Å². The molecule has 1 heterocycles. The smallest absolute Gasteiger partial charge is 0.109 e. The van der Waals surface area contributed by atoms with Gasteiger partial charge in [0.25, 0.3) is 0 Å². The minimum atomic E-state index is -0.127. The number of hydrogen-bond donors (Lipinski definition) is 1. The first kappa shape index (κ1) is 12.4. The largest absolute Gasteiger partial charge is 0.315 e. The fourth-order valence-electron chi connectivity index (χ4n) is 4.00. The topological polar surface area (TPSA) is 39.1 Å². The van der Waals surface area contributed by atoms with Crippen molar-refractivity contribution >= 4 is 0 Å². The van der Waals surface area contributed by atoms with Crippen molar-refractivity contribution in [1.29, 1.82) is 5.26 Å². The van der Waals surface area contributed by atoms with Gasteiger partial charge in [0.15, 0.2) is 0 Å². The normalized spacial score (nSPS) is 38.9. The van der Waals surface area contributed by atoms with Crippen molar-refractivity contribution in [2.45, 2.75) is 50.5 Å². The van der Waals surface area contributed by atoms with E-state index in [9.17, 15) is 5.26 Å². The monoisotopic (exact) mass is 247 g/mol. The summed E-state index contributed by atoms with van der Waals surface area (Å²) in [6, 6.07) is 2.73. The van der Waals surface area contributed by atoms with Crippen molar-refractivity contribution in [3.63, 3.8) is 0 Å². The lowest BCUT2D eigenvalue weighted by Gasteiger charge is -2.43. The summed E-state index contributed by atoms with van der Waals surface area (Å²) >= 11 is 0. The van der Waals surface area contributed by atoms with E-state index in [1.165, 1.54) is 32.1 Å². The molecule has 2 saturated carbocycles. The molecule has 2 unspecified atom stereocenters. The second-order valence-corrected chi connectivity index (χ2v) is 6.43. The molecule has 2 atom stereocenters. The molecule has 0 radical (unpaired) electrons. The Hall–Kier alpha value is -0.590. The summed E-state index contributed by atoms with van der Waals surface area (Å²) in [6.07, 6.45) is 8.93. The molecule has 1 N–H and O–H groups in total. The highest BCUT2D eigenvalue weighted by molar-refractivity contribution is 5.12. The van der Waals surface area contributed by atoms with Crippen LogP contribution in [-0.4, -0.2) is 36.6 Å². The molecule has 0 aromatic heterocycles. The van der Waals surface area contributed by atoms with Gasteiger partial charge in [0, 0.05) is 19.6 Å². The van der Waals surface area contributed by atoms with E-state index >= 15 is 0 Å². The molecule has 3 heteroatoms. The van der Waals surface area contributed by atoms with E-state index in [1.54, 1.807) is 0 Å². The molecule has 18 heavy (non-hydrogen) atoms. The predicted octanol–water partition coefficient (Wildman–Crippen LogP) is 2.14. The van der Waals surface area contributed by atoms with E-state index in [-0.39, 0.29) is 5.54 Å². The van der Waals surface area contributed by atoms with E-state index in [0.29, 0.717) is 0 Å². The molecule has 1 saturated heterocycles. The summed E-state index contributed by atoms with van der Waals surface area (Å²) in [5, 5.41) is 13.2. The molecule has 0 aromatic rings. The molecule has 0 amide bonds. The maximum absolute atomic E-state index is 9.79. The average molecular weight is 247 g/mol. The third-order valence-corrected chi connectivity index (χ3v) is 5.21. The van der Waals surface area contributed by atoms with Gasteiger partial charge in [-0.2, -0.15) is 5.26 Å². The fraction of sp³-hybridized carbons (Fsp3) is 0.933. The van der Waals surface area contributed by atoms with E-state index < -0.39 is 0 Å². The molecule has 100 valence electrons. The zero-order valence-corrected chi connectivity index (χ0v) is 11.3. The van der Waals surface area contributed by atoms with Crippen molar-refractivity contribution in [3.8, 4) is 6.07 Å². The van der Waals surface area contributed by atoms with Crippen LogP contribution in [0.4, 0.5) is 0 Å². The van der Waals surface area contributed by atoms with Gasteiger partial charge in [-0.25, -0.2) is 0 Å². The van der Waals surface area contributed by atoms with E-state index in [1.807, 2.05) is 0 Å². The third kappa shape index (κ3) is 2.41. The Labute approximate surface area is 111 Å². The molecule has 0 aromatic carbocycles. The molecule has 1 aliphatic heterocycles. The Morgan fingerprint density at radius 1 is 1.06 bits per heavy atom. The van der Waals surface area contributed by atoms with Gasteiger partial charge in [-0.1, -0.05) is 6.42 Å². The van der Waals surface area contributed by atoms with Crippen molar-refractivity contribution in [2.75, 3.05) is 26.2 Å². The minimum absolute atomic E-state index is 0.127. The summed E-state index contributed by atoms with van der Waals surface area (Å²) < 4.78 is 0. The first-order valence-electron chi connectivity index (χ1n) is 7.71. The summed E-state index contributed by atoms with van der Waals surface area (Å²) in [5.74, 6) is 1.80. The van der Waals surface area contributed by atoms with Crippen molar-refractivity contribution in [3.05, 3.63) is 0 Å². The Morgan fingerprint density at radius 2 is 1.94 bits per heavy atom. The van der Waals surface area contributed by atoms with Gasteiger partial charge in [-0.05, 0) is 56.9 Å². The SMILES string of the molecule is N#CC1(N2CCCNCC2)CCCC(C2CC2)C1. The predicted molar refractivity (Wildman–Crippen MR) is 72.1 cm³/mol. The van der Waals surface area contributed by atoms with Gasteiger partial charge >= 0.3 is 0 Å². The van der Waals surface area contributed by atoms with Crippen molar-refractivity contribution < 1.29 is 0 Å². The van der Waals surface area contributed by atoms with Crippen LogP contribution in [0.3, 0.4) is 0 Å². The lowest BCUT2D eigenvalue weighted by atomic mass is 9.73. The molecule has 3 nitrogen and oxygen atoms in total. The van der Waals surface area contributed by atoms with Gasteiger partial charge in [0.2, 0.25) is 0 Å². The first-order chi connectivity index (χ1) is 8.84. The van der Waals surface area contributed by atoms with Gasteiger partial charge in [-0.3, -0.25) is 4.90 Å². The zero-order chi connectivity index (χ0) is 12.4. The van der Waals surface area contributed by atoms with Gasteiger partial charge < -0.3 is 5.32 Å². The van der Waals surface area contributed by atoms with Crippen LogP contribution in [-0.2, 0) is 0 Å². The number of nitrogens with zero attached hydrogens (tertiary/aromatic N) is 2. The van der Waals surface area contributed by atoms with Crippen LogP contribution in [0.1, 0.15) is 44.9 Å². The number of hydrogen-bond acceptors (Lipinski definition) is 3. The summed E-state index contributed by atoms with van der Waals surface area (Å²) in [4.78, 5) is 2.50. The highest BCUT2D eigenvalue weighted by atomic mass is 15.2. The second kappa shape index (κ2) is 5.19. The van der Waals surface area contributed by atoms with Crippen molar-refractivity contribution in [1.82, 2.24) is 10.2 Å². The van der Waals surface area contributed by atoms with Gasteiger partial charge in [-0.15, -0.1) is 0 Å². The zero-order valence-electron chi connectivity index (χ0n) is 11.3. The van der Waals surface area contributed by atoms with Crippen LogP contribution in [0.2, 0.25) is 0 Å². The average Bonchev–Trinajstić information content (AvgIpc) is 3.25. The third-order valence-electron chi connectivity index (χ3n) is 5.21. The molecule has 3 fully saturated rings. The molecule has 3 rings (SSSR count). The highest BCUT2D eigenvalue weighted by Crippen LogP contribution is 2.48. The quantitative estimate of drug-likeness (QED) is 0.812. The minimum Gasteiger partial charge on any atom is -0.315 e.